The number of hydrogen-bond acceptors (Lipinski definition) is 6. The maximum atomic E-state index is 13.3. The number of hydrogen-bond donors (Lipinski definition) is 1. The van der Waals surface area contributed by atoms with Crippen molar-refractivity contribution < 1.29 is 19.1 Å². The van der Waals surface area contributed by atoms with Gasteiger partial charge in [-0.25, -0.2) is 9.69 Å². The van der Waals surface area contributed by atoms with E-state index in [0.717, 1.165) is 26.2 Å². The quantitative estimate of drug-likeness (QED) is 0.760. The average Bonchev–Trinajstić information content (AvgIpc) is 3.03. The highest BCUT2D eigenvalue weighted by Crippen LogP contribution is 2.37. The van der Waals surface area contributed by atoms with Gasteiger partial charge in [-0.3, -0.25) is 9.69 Å². The number of imide groups is 1. The van der Waals surface area contributed by atoms with E-state index >= 15 is 0 Å². The Morgan fingerprint density at radius 2 is 1.65 bits per heavy atom. The van der Waals surface area contributed by atoms with Crippen LogP contribution in [0.25, 0.3) is 0 Å². The van der Waals surface area contributed by atoms with Crippen LogP contribution in [0, 0.1) is 0 Å². The summed E-state index contributed by atoms with van der Waals surface area (Å²) in [5.74, 6) is 1.01. The van der Waals surface area contributed by atoms with Crippen molar-refractivity contribution in [2.45, 2.75) is 12.5 Å². The minimum absolute atomic E-state index is 0.250. The van der Waals surface area contributed by atoms with Crippen LogP contribution in [-0.2, 0) is 10.3 Å². The minimum Gasteiger partial charge on any atom is -0.486 e. The largest absolute Gasteiger partial charge is 0.486 e. The number of carbonyl (C=O) groups is 2. The first kappa shape index (κ1) is 19.7. The molecule has 3 aliphatic heterocycles. The molecule has 3 amide bonds. The van der Waals surface area contributed by atoms with Gasteiger partial charge in [-0.15, -0.1) is 0 Å². The van der Waals surface area contributed by atoms with Gasteiger partial charge in [0.05, 0.1) is 6.67 Å². The number of ether oxygens (including phenoxy) is 2. The third kappa shape index (κ3) is 3.57. The van der Waals surface area contributed by atoms with E-state index in [0.29, 0.717) is 30.3 Å². The Balaban J connectivity index is 1.26. The number of urea groups is 1. The number of nitrogens with zero attached hydrogens (tertiary/aromatic N) is 3. The van der Waals surface area contributed by atoms with Crippen LogP contribution in [0.3, 0.4) is 0 Å². The van der Waals surface area contributed by atoms with Gasteiger partial charge in [0.25, 0.3) is 5.91 Å². The number of carbonyl (C=O) groups excluding carboxylic acids is 2. The maximum absolute atomic E-state index is 13.3. The predicted octanol–water partition coefficient (Wildman–Crippen LogP) is 2.00. The zero-order valence-electron chi connectivity index (χ0n) is 17.5. The van der Waals surface area contributed by atoms with Crippen molar-refractivity contribution in [3.05, 3.63) is 54.1 Å². The highest BCUT2D eigenvalue weighted by atomic mass is 16.6. The van der Waals surface area contributed by atoms with E-state index in [-0.39, 0.29) is 18.6 Å². The van der Waals surface area contributed by atoms with E-state index in [9.17, 15) is 9.59 Å². The van der Waals surface area contributed by atoms with Gasteiger partial charge in [-0.2, -0.15) is 0 Å². The van der Waals surface area contributed by atoms with Crippen LogP contribution in [0.5, 0.6) is 11.5 Å². The molecule has 1 N–H and O–H groups in total. The van der Waals surface area contributed by atoms with Gasteiger partial charge < -0.3 is 19.7 Å². The molecule has 0 aliphatic carbocycles. The van der Waals surface area contributed by atoms with Crippen LogP contribution >= 0.6 is 0 Å². The number of amides is 3. The lowest BCUT2D eigenvalue weighted by atomic mass is 9.91. The lowest BCUT2D eigenvalue weighted by Gasteiger charge is -2.37. The van der Waals surface area contributed by atoms with Crippen molar-refractivity contribution in [1.29, 1.82) is 0 Å². The fourth-order valence-corrected chi connectivity index (χ4v) is 4.36. The summed E-state index contributed by atoms with van der Waals surface area (Å²) in [6.07, 6.45) is 0. The van der Waals surface area contributed by atoms with Crippen molar-refractivity contribution in [3.8, 4) is 11.5 Å². The van der Waals surface area contributed by atoms with Crippen molar-refractivity contribution in [3.63, 3.8) is 0 Å². The highest BCUT2D eigenvalue weighted by Gasteiger charge is 2.49. The summed E-state index contributed by atoms with van der Waals surface area (Å²) in [7, 11) is 0. The standard InChI is InChI=1S/C23H26N4O4/c1-23(17-7-8-19-20(15-17)31-14-13-30-19)21(28)27(22(29)24-23)16-25-9-11-26(12-10-25)18-5-3-2-4-6-18/h2-8,15H,9-14,16H2,1H3,(H,24,29). The van der Waals surface area contributed by atoms with E-state index < -0.39 is 5.54 Å². The number of anilines is 1. The SMILES string of the molecule is CC1(c2ccc3c(c2)OCCO3)NC(=O)N(CN2CCN(c3ccccc3)CC2)C1=O. The molecule has 2 fully saturated rings. The fourth-order valence-electron chi connectivity index (χ4n) is 4.36. The monoisotopic (exact) mass is 422 g/mol. The Morgan fingerprint density at radius 1 is 0.935 bits per heavy atom. The summed E-state index contributed by atoms with van der Waals surface area (Å²) < 4.78 is 11.2. The molecule has 1 atom stereocenters. The second-order valence-electron chi connectivity index (χ2n) is 8.23. The lowest BCUT2D eigenvalue weighted by Crippen LogP contribution is -2.51. The van der Waals surface area contributed by atoms with Crippen LogP contribution in [0.4, 0.5) is 10.5 Å². The molecule has 5 rings (SSSR count). The molecule has 3 aliphatic rings. The van der Waals surface area contributed by atoms with Gasteiger partial charge in [0.15, 0.2) is 11.5 Å². The zero-order valence-corrected chi connectivity index (χ0v) is 17.5. The molecule has 2 aromatic carbocycles. The third-order valence-corrected chi connectivity index (χ3v) is 6.23. The molecular weight excluding hydrogens is 396 g/mol. The van der Waals surface area contributed by atoms with Gasteiger partial charge in [0.2, 0.25) is 0 Å². The lowest BCUT2D eigenvalue weighted by molar-refractivity contribution is -0.132. The molecule has 0 saturated carbocycles. The van der Waals surface area contributed by atoms with E-state index in [1.807, 2.05) is 24.3 Å². The smallest absolute Gasteiger partial charge is 0.326 e. The second-order valence-corrected chi connectivity index (χ2v) is 8.23. The summed E-state index contributed by atoms with van der Waals surface area (Å²) in [5, 5.41) is 2.88. The molecule has 2 saturated heterocycles. The molecule has 31 heavy (non-hydrogen) atoms. The molecule has 3 heterocycles. The molecule has 162 valence electrons. The molecular formula is C23H26N4O4. The molecule has 8 nitrogen and oxygen atoms in total. The number of rotatable bonds is 4. The number of fused-ring (bicyclic) bond motifs is 1. The first-order valence-electron chi connectivity index (χ1n) is 10.6. The van der Waals surface area contributed by atoms with Crippen LogP contribution < -0.4 is 19.7 Å². The fraction of sp³-hybridized carbons (Fsp3) is 0.391. The Hall–Kier alpha value is -3.26. The maximum Gasteiger partial charge on any atom is 0.326 e. The van der Waals surface area contributed by atoms with Crippen molar-refractivity contribution >= 4 is 17.6 Å². The number of para-hydroxylation sites is 1. The van der Waals surface area contributed by atoms with Gasteiger partial charge in [0, 0.05) is 31.9 Å². The Labute approximate surface area is 181 Å². The van der Waals surface area contributed by atoms with Crippen molar-refractivity contribution in [1.82, 2.24) is 15.1 Å². The second kappa shape index (κ2) is 7.77. The molecule has 0 bridgehead atoms. The van der Waals surface area contributed by atoms with Crippen LogP contribution in [0.2, 0.25) is 0 Å². The Bertz CT molecular complexity index is 990. The third-order valence-electron chi connectivity index (χ3n) is 6.23. The molecule has 0 spiro atoms. The minimum atomic E-state index is -1.13. The van der Waals surface area contributed by atoms with Crippen LogP contribution in [0.1, 0.15) is 12.5 Å². The van der Waals surface area contributed by atoms with Gasteiger partial charge in [0.1, 0.15) is 18.8 Å². The van der Waals surface area contributed by atoms with Crippen molar-refractivity contribution in [2.75, 3.05) is 51.0 Å². The average molecular weight is 422 g/mol. The summed E-state index contributed by atoms with van der Waals surface area (Å²) >= 11 is 0. The Kier molecular flexibility index (Phi) is 4.94. The number of benzene rings is 2. The summed E-state index contributed by atoms with van der Waals surface area (Å²) in [5.41, 5.74) is 0.758. The molecule has 0 radical (unpaired) electrons. The van der Waals surface area contributed by atoms with Gasteiger partial charge >= 0.3 is 6.03 Å². The van der Waals surface area contributed by atoms with E-state index in [4.69, 9.17) is 9.47 Å². The van der Waals surface area contributed by atoms with E-state index in [1.54, 1.807) is 19.1 Å². The summed E-state index contributed by atoms with van der Waals surface area (Å²) in [4.78, 5) is 31.8. The normalized spacial score (nSPS) is 23.8. The van der Waals surface area contributed by atoms with E-state index in [1.165, 1.54) is 10.6 Å². The topological polar surface area (TPSA) is 74.4 Å². The predicted molar refractivity (Wildman–Crippen MR) is 115 cm³/mol. The number of nitrogens with one attached hydrogen (secondary N) is 1. The van der Waals surface area contributed by atoms with Crippen LogP contribution in [-0.4, -0.2) is 67.8 Å². The zero-order chi connectivity index (χ0) is 21.4. The first-order valence-corrected chi connectivity index (χ1v) is 10.6. The first-order chi connectivity index (χ1) is 15.0. The molecule has 2 aromatic rings. The summed E-state index contributed by atoms with van der Waals surface area (Å²) in [6.45, 7) is 6.28. The molecule has 0 aromatic heterocycles. The van der Waals surface area contributed by atoms with Crippen LogP contribution in [0.15, 0.2) is 48.5 Å². The van der Waals surface area contributed by atoms with Gasteiger partial charge in [-0.05, 0) is 36.8 Å². The summed E-state index contributed by atoms with van der Waals surface area (Å²) in [6, 6.07) is 15.3. The van der Waals surface area contributed by atoms with E-state index in [2.05, 4.69) is 27.2 Å². The molecule has 1 unspecified atom stereocenters. The van der Waals surface area contributed by atoms with Gasteiger partial charge in [-0.1, -0.05) is 24.3 Å². The highest BCUT2D eigenvalue weighted by molar-refractivity contribution is 6.07. The van der Waals surface area contributed by atoms with Crippen molar-refractivity contribution in [2.24, 2.45) is 0 Å². The molecule has 8 heteroatoms. The number of piperazine rings is 1. The Morgan fingerprint density at radius 3 is 2.39 bits per heavy atom.